The normalized spacial score (nSPS) is 14.4. The fourth-order valence-corrected chi connectivity index (χ4v) is 3.41. The number of hydrogen-bond donors (Lipinski definition) is 0. The molecule has 3 rings (SSSR count). The van der Waals surface area contributed by atoms with Gasteiger partial charge in [-0.25, -0.2) is 0 Å². The van der Waals surface area contributed by atoms with E-state index in [1.54, 1.807) is 29.4 Å². The van der Waals surface area contributed by atoms with Crippen molar-refractivity contribution in [1.82, 2.24) is 14.8 Å². The van der Waals surface area contributed by atoms with Crippen LogP contribution in [0, 0.1) is 0 Å². The maximum absolute atomic E-state index is 12.4. The van der Waals surface area contributed by atoms with Crippen LogP contribution >= 0.6 is 15.9 Å². The van der Waals surface area contributed by atoms with Crippen molar-refractivity contribution in [2.45, 2.75) is 12.8 Å². The van der Waals surface area contributed by atoms with Gasteiger partial charge in [0.2, 0.25) is 5.91 Å². The van der Waals surface area contributed by atoms with E-state index in [2.05, 4.69) is 20.9 Å². The Morgan fingerprint density at radius 2 is 1.72 bits per heavy atom. The van der Waals surface area contributed by atoms with Gasteiger partial charge in [0.1, 0.15) is 0 Å². The second-order valence-electron chi connectivity index (χ2n) is 6.01. The number of nitrogens with zero attached hydrogens (tertiary/aromatic N) is 3. The molecule has 2 heterocycles. The summed E-state index contributed by atoms with van der Waals surface area (Å²) in [5.41, 5.74) is 1.73. The molecule has 0 saturated carbocycles. The maximum Gasteiger partial charge on any atom is 0.255 e. The number of halogens is 1. The average molecular weight is 402 g/mol. The van der Waals surface area contributed by atoms with E-state index in [1.165, 1.54) is 0 Å². The average Bonchev–Trinajstić information content (AvgIpc) is 2.67. The van der Waals surface area contributed by atoms with E-state index >= 15 is 0 Å². The van der Waals surface area contributed by atoms with Crippen LogP contribution in [0.25, 0.3) is 0 Å². The highest BCUT2D eigenvalue weighted by molar-refractivity contribution is 9.10. The van der Waals surface area contributed by atoms with Crippen molar-refractivity contribution in [3.8, 4) is 0 Å². The number of rotatable bonds is 4. The highest BCUT2D eigenvalue weighted by atomic mass is 79.9. The molecule has 1 aromatic heterocycles. The van der Waals surface area contributed by atoms with Crippen molar-refractivity contribution in [3.63, 3.8) is 0 Å². The number of aromatic nitrogens is 1. The third-order valence-corrected chi connectivity index (χ3v) is 5.17. The molecule has 0 atom stereocenters. The zero-order valence-corrected chi connectivity index (χ0v) is 15.5. The second-order valence-corrected chi connectivity index (χ2v) is 6.86. The number of aryl methyl sites for hydroxylation is 1. The lowest BCUT2D eigenvalue weighted by Crippen LogP contribution is -2.50. The van der Waals surface area contributed by atoms with Gasteiger partial charge in [-0.3, -0.25) is 14.6 Å². The van der Waals surface area contributed by atoms with Crippen LogP contribution in [0.3, 0.4) is 0 Å². The first-order valence-electron chi connectivity index (χ1n) is 8.35. The summed E-state index contributed by atoms with van der Waals surface area (Å²) in [6.07, 6.45) is 4.43. The largest absolute Gasteiger partial charge is 0.339 e. The van der Waals surface area contributed by atoms with Gasteiger partial charge in [0.15, 0.2) is 0 Å². The van der Waals surface area contributed by atoms with Crippen molar-refractivity contribution in [2.24, 2.45) is 0 Å². The van der Waals surface area contributed by atoms with Gasteiger partial charge in [-0.1, -0.05) is 34.1 Å². The predicted molar refractivity (Wildman–Crippen MR) is 99.2 cm³/mol. The van der Waals surface area contributed by atoms with Crippen molar-refractivity contribution in [3.05, 3.63) is 64.4 Å². The molecule has 2 aromatic rings. The Labute approximate surface area is 155 Å². The Morgan fingerprint density at radius 3 is 2.40 bits per heavy atom. The monoisotopic (exact) mass is 401 g/mol. The lowest BCUT2D eigenvalue weighted by Gasteiger charge is -2.34. The quantitative estimate of drug-likeness (QED) is 0.791. The summed E-state index contributed by atoms with van der Waals surface area (Å²) in [7, 11) is 0. The first kappa shape index (κ1) is 17.6. The van der Waals surface area contributed by atoms with Crippen LogP contribution in [0.15, 0.2) is 53.3 Å². The number of pyridine rings is 1. The van der Waals surface area contributed by atoms with Gasteiger partial charge in [-0.05, 0) is 30.2 Å². The Balaban J connectivity index is 1.49. The standard InChI is InChI=1S/C19H20BrN3O2/c20-17-6-2-1-4-15(17)7-8-18(24)22-10-12-23(13-11-22)19(25)16-5-3-9-21-14-16/h1-6,9,14H,7-8,10-13H2. The molecule has 0 radical (unpaired) electrons. The molecule has 1 saturated heterocycles. The van der Waals surface area contributed by atoms with E-state index < -0.39 is 0 Å². The SMILES string of the molecule is O=C(CCc1ccccc1Br)N1CCN(C(=O)c2cccnc2)CC1. The van der Waals surface area contributed by atoms with Gasteiger partial charge in [0.05, 0.1) is 5.56 Å². The Hall–Kier alpha value is -2.21. The maximum atomic E-state index is 12.4. The Bertz CT molecular complexity index is 743. The molecule has 0 bridgehead atoms. The minimum absolute atomic E-state index is 0.0200. The third kappa shape index (κ3) is 4.45. The zero-order chi connectivity index (χ0) is 17.6. The third-order valence-electron chi connectivity index (χ3n) is 4.39. The number of benzene rings is 1. The van der Waals surface area contributed by atoms with Gasteiger partial charge in [0, 0.05) is 49.5 Å². The molecule has 0 aliphatic carbocycles. The number of amides is 2. The number of piperazine rings is 1. The summed E-state index contributed by atoms with van der Waals surface area (Å²) in [6.45, 7) is 2.30. The van der Waals surface area contributed by atoms with Crippen molar-refractivity contribution in [1.29, 1.82) is 0 Å². The lowest BCUT2D eigenvalue weighted by atomic mass is 10.1. The highest BCUT2D eigenvalue weighted by Gasteiger charge is 2.24. The molecule has 0 unspecified atom stereocenters. The van der Waals surface area contributed by atoms with Crippen LogP contribution in [0.5, 0.6) is 0 Å². The second kappa shape index (κ2) is 8.25. The summed E-state index contributed by atoms with van der Waals surface area (Å²) in [4.78, 5) is 32.5. The topological polar surface area (TPSA) is 53.5 Å². The fourth-order valence-electron chi connectivity index (χ4n) is 2.93. The van der Waals surface area contributed by atoms with Gasteiger partial charge in [0.25, 0.3) is 5.91 Å². The van der Waals surface area contributed by atoms with Crippen LogP contribution in [-0.2, 0) is 11.2 Å². The van der Waals surface area contributed by atoms with Crippen LogP contribution in [0.1, 0.15) is 22.3 Å². The first-order chi connectivity index (χ1) is 12.1. The van der Waals surface area contributed by atoms with Crippen molar-refractivity contribution < 1.29 is 9.59 Å². The molecule has 1 fully saturated rings. The fraction of sp³-hybridized carbons (Fsp3) is 0.316. The number of carbonyl (C=O) groups excluding carboxylic acids is 2. The van der Waals surface area contributed by atoms with Gasteiger partial charge < -0.3 is 9.80 Å². The molecule has 1 aliphatic rings. The van der Waals surface area contributed by atoms with Gasteiger partial charge >= 0.3 is 0 Å². The lowest BCUT2D eigenvalue weighted by molar-refractivity contribution is -0.132. The van der Waals surface area contributed by atoms with Crippen LogP contribution < -0.4 is 0 Å². The molecule has 1 aromatic carbocycles. The van der Waals surface area contributed by atoms with E-state index in [4.69, 9.17) is 0 Å². The molecule has 2 amide bonds. The van der Waals surface area contributed by atoms with E-state index in [1.807, 2.05) is 29.2 Å². The predicted octanol–water partition coefficient (Wildman–Crippen LogP) is 2.76. The molecule has 0 spiro atoms. The molecule has 25 heavy (non-hydrogen) atoms. The van der Waals surface area contributed by atoms with E-state index in [0.29, 0.717) is 38.2 Å². The molecule has 0 N–H and O–H groups in total. The highest BCUT2D eigenvalue weighted by Crippen LogP contribution is 2.18. The molecule has 130 valence electrons. The smallest absolute Gasteiger partial charge is 0.255 e. The van der Waals surface area contributed by atoms with Crippen molar-refractivity contribution >= 4 is 27.7 Å². The zero-order valence-electron chi connectivity index (χ0n) is 13.9. The molecular formula is C19H20BrN3O2. The summed E-state index contributed by atoms with van der Waals surface area (Å²) in [5, 5.41) is 0. The number of carbonyl (C=O) groups is 2. The van der Waals surface area contributed by atoms with Crippen molar-refractivity contribution in [2.75, 3.05) is 26.2 Å². The summed E-state index contributed by atoms with van der Waals surface area (Å²) in [5.74, 6) is 0.123. The Morgan fingerprint density at radius 1 is 1.00 bits per heavy atom. The molecule has 5 nitrogen and oxygen atoms in total. The first-order valence-corrected chi connectivity index (χ1v) is 9.15. The minimum atomic E-state index is -0.0200. The minimum Gasteiger partial charge on any atom is -0.339 e. The summed E-state index contributed by atoms with van der Waals surface area (Å²) in [6, 6.07) is 11.5. The van der Waals surface area contributed by atoms with Crippen LogP contribution in [0.2, 0.25) is 0 Å². The summed E-state index contributed by atoms with van der Waals surface area (Å²) < 4.78 is 1.04. The van der Waals surface area contributed by atoms with Crippen LogP contribution in [0.4, 0.5) is 0 Å². The van der Waals surface area contributed by atoms with Gasteiger partial charge in [-0.15, -0.1) is 0 Å². The molecule has 6 heteroatoms. The summed E-state index contributed by atoms with van der Waals surface area (Å²) >= 11 is 3.51. The molecule has 1 aliphatic heterocycles. The van der Waals surface area contributed by atoms with E-state index in [9.17, 15) is 9.59 Å². The van der Waals surface area contributed by atoms with Gasteiger partial charge in [-0.2, -0.15) is 0 Å². The Kier molecular flexibility index (Phi) is 5.81. The molecular weight excluding hydrogens is 382 g/mol. The number of hydrogen-bond acceptors (Lipinski definition) is 3. The van der Waals surface area contributed by atoms with E-state index in [0.717, 1.165) is 16.5 Å². The van der Waals surface area contributed by atoms with Crippen LogP contribution in [-0.4, -0.2) is 52.8 Å². The van der Waals surface area contributed by atoms with E-state index in [-0.39, 0.29) is 11.8 Å².